The molecule has 0 unspecified atom stereocenters. The summed E-state index contributed by atoms with van der Waals surface area (Å²) in [5, 5.41) is 4.79. The molecule has 3 nitrogen and oxygen atoms in total. The molecule has 4 heteroatoms. The average molecular weight is 273 g/mol. The fraction of sp³-hybridized carbons (Fsp3) is 0.600. The zero-order valence-electron chi connectivity index (χ0n) is 11.3. The molecule has 1 fully saturated rings. The van der Waals surface area contributed by atoms with Crippen LogP contribution in [0.3, 0.4) is 0 Å². The van der Waals surface area contributed by atoms with E-state index in [1.807, 2.05) is 11.3 Å². The van der Waals surface area contributed by atoms with Crippen molar-refractivity contribution in [2.75, 3.05) is 11.9 Å². The van der Waals surface area contributed by atoms with Gasteiger partial charge in [-0.2, -0.15) is 0 Å². The van der Waals surface area contributed by atoms with Crippen LogP contribution >= 0.6 is 11.3 Å². The molecule has 0 spiro atoms. The predicted octanol–water partition coefficient (Wildman–Crippen LogP) is 3.88. The van der Waals surface area contributed by atoms with Gasteiger partial charge in [0.2, 0.25) is 0 Å². The fourth-order valence-corrected chi connectivity index (χ4v) is 4.26. The van der Waals surface area contributed by atoms with Gasteiger partial charge in [0.05, 0.1) is 5.39 Å². The highest BCUT2D eigenvalue weighted by molar-refractivity contribution is 7.19. The largest absolute Gasteiger partial charge is 0.370 e. The molecule has 0 amide bonds. The van der Waals surface area contributed by atoms with E-state index < -0.39 is 0 Å². The summed E-state index contributed by atoms with van der Waals surface area (Å²) in [7, 11) is 0. The molecule has 2 heterocycles. The minimum Gasteiger partial charge on any atom is -0.370 e. The molecule has 19 heavy (non-hydrogen) atoms. The Morgan fingerprint density at radius 1 is 1.21 bits per heavy atom. The van der Waals surface area contributed by atoms with Crippen LogP contribution in [-0.4, -0.2) is 16.5 Å². The third-order valence-corrected chi connectivity index (χ3v) is 5.30. The van der Waals surface area contributed by atoms with Crippen LogP contribution in [0.4, 0.5) is 5.82 Å². The highest BCUT2D eigenvalue weighted by Gasteiger charge is 2.29. The van der Waals surface area contributed by atoms with Gasteiger partial charge < -0.3 is 5.32 Å². The number of aryl methyl sites for hydroxylation is 2. The quantitative estimate of drug-likeness (QED) is 0.922. The standard InChI is InChI=1S/C15H19N3S/c1-2-16-14-12-10-5-3-4-6-11(10)19-15(12)18-13(17-14)9-7-8-9/h9H,2-8H2,1H3,(H,16,17,18). The number of rotatable bonds is 3. The van der Waals surface area contributed by atoms with Crippen LogP contribution < -0.4 is 5.32 Å². The van der Waals surface area contributed by atoms with E-state index in [0.717, 1.165) is 18.2 Å². The maximum atomic E-state index is 4.85. The van der Waals surface area contributed by atoms with Gasteiger partial charge in [-0.15, -0.1) is 11.3 Å². The van der Waals surface area contributed by atoms with E-state index in [-0.39, 0.29) is 0 Å². The summed E-state index contributed by atoms with van der Waals surface area (Å²) in [5.41, 5.74) is 1.53. The highest BCUT2D eigenvalue weighted by Crippen LogP contribution is 2.43. The van der Waals surface area contributed by atoms with E-state index in [1.165, 1.54) is 54.3 Å². The molecule has 0 bridgehead atoms. The molecular weight excluding hydrogens is 254 g/mol. The van der Waals surface area contributed by atoms with E-state index in [9.17, 15) is 0 Å². The fourth-order valence-electron chi connectivity index (χ4n) is 2.99. The van der Waals surface area contributed by atoms with Crippen molar-refractivity contribution in [3.8, 4) is 0 Å². The second-order valence-corrected chi connectivity index (χ2v) is 6.71. The first kappa shape index (κ1) is 11.6. The SMILES string of the molecule is CCNc1nc(C2CC2)nc2sc3c(c12)CCCC3. The Morgan fingerprint density at radius 2 is 2.05 bits per heavy atom. The van der Waals surface area contributed by atoms with E-state index in [4.69, 9.17) is 9.97 Å². The smallest absolute Gasteiger partial charge is 0.138 e. The zero-order chi connectivity index (χ0) is 12.8. The maximum Gasteiger partial charge on any atom is 0.138 e. The van der Waals surface area contributed by atoms with E-state index in [2.05, 4.69) is 12.2 Å². The summed E-state index contributed by atoms with van der Waals surface area (Å²) in [6.45, 7) is 3.07. The molecule has 0 saturated heterocycles. The lowest BCUT2D eigenvalue weighted by Gasteiger charge is -2.12. The molecule has 1 saturated carbocycles. The van der Waals surface area contributed by atoms with Crippen molar-refractivity contribution in [3.05, 3.63) is 16.3 Å². The van der Waals surface area contributed by atoms with E-state index in [1.54, 1.807) is 4.88 Å². The Morgan fingerprint density at radius 3 is 2.84 bits per heavy atom. The number of hydrogen-bond acceptors (Lipinski definition) is 4. The normalized spacial score (nSPS) is 18.6. The molecule has 2 aromatic rings. The predicted molar refractivity (Wildman–Crippen MR) is 80.2 cm³/mol. The molecule has 100 valence electrons. The summed E-state index contributed by atoms with van der Waals surface area (Å²) in [6.07, 6.45) is 7.62. The summed E-state index contributed by atoms with van der Waals surface area (Å²) in [5.74, 6) is 2.79. The molecule has 2 aliphatic carbocycles. The van der Waals surface area contributed by atoms with Gasteiger partial charge in [-0.3, -0.25) is 0 Å². The molecule has 0 aliphatic heterocycles. The van der Waals surface area contributed by atoms with Crippen molar-refractivity contribution >= 4 is 27.4 Å². The second kappa shape index (κ2) is 4.44. The molecule has 4 rings (SSSR count). The van der Waals surface area contributed by atoms with E-state index in [0.29, 0.717) is 5.92 Å². The van der Waals surface area contributed by atoms with Crippen LogP contribution in [0.15, 0.2) is 0 Å². The van der Waals surface area contributed by atoms with Gasteiger partial charge in [0.25, 0.3) is 0 Å². The first-order valence-electron chi connectivity index (χ1n) is 7.43. The lowest BCUT2D eigenvalue weighted by molar-refractivity contribution is 0.700. The molecule has 1 N–H and O–H groups in total. The summed E-state index contributed by atoms with van der Waals surface area (Å²) in [4.78, 5) is 12.4. The van der Waals surface area contributed by atoms with Crippen LogP contribution in [0, 0.1) is 0 Å². The number of thiophene rings is 1. The lowest BCUT2D eigenvalue weighted by atomic mass is 9.97. The van der Waals surface area contributed by atoms with E-state index >= 15 is 0 Å². The Hall–Kier alpha value is -1.16. The second-order valence-electron chi connectivity index (χ2n) is 5.63. The number of anilines is 1. The van der Waals surface area contributed by atoms with Crippen LogP contribution in [0.2, 0.25) is 0 Å². The number of fused-ring (bicyclic) bond motifs is 3. The number of nitrogens with one attached hydrogen (secondary N) is 1. The van der Waals surface area contributed by atoms with Crippen LogP contribution in [0.5, 0.6) is 0 Å². The average Bonchev–Trinajstić information content (AvgIpc) is 3.19. The minimum atomic E-state index is 0.626. The third-order valence-electron chi connectivity index (χ3n) is 4.12. The minimum absolute atomic E-state index is 0.626. The highest BCUT2D eigenvalue weighted by atomic mass is 32.1. The van der Waals surface area contributed by atoms with Crippen molar-refractivity contribution in [3.63, 3.8) is 0 Å². The van der Waals surface area contributed by atoms with Gasteiger partial charge in [0.1, 0.15) is 16.5 Å². The van der Waals surface area contributed by atoms with Gasteiger partial charge in [-0.1, -0.05) is 0 Å². The molecule has 2 aliphatic rings. The summed E-state index contributed by atoms with van der Waals surface area (Å²) < 4.78 is 0. The first-order chi connectivity index (χ1) is 9.36. The zero-order valence-corrected chi connectivity index (χ0v) is 12.1. The summed E-state index contributed by atoms with van der Waals surface area (Å²) in [6, 6.07) is 0. The molecular formula is C15H19N3S. The monoisotopic (exact) mass is 273 g/mol. The molecule has 0 atom stereocenters. The van der Waals surface area contributed by atoms with Crippen molar-refractivity contribution in [2.45, 2.75) is 51.4 Å². The Labute approximate surface area is 117 Å². The number of aromatic nitrogens is 2. The van der Waals surface area contributed by atoms with Crippen molar-refractivity contribution in [1.82, 2.24) is 9.97 Å². The number of hydrogen-bond donors (Lipinski definition) is 1. The molecule has 0 aromatic carbocycles. The van der Waals surface area contributed by atoms with Gasteiger partial charge in [0.15, 0.2) is 0 Å². The lowest BCUT2D eigenvalue weighted by Crippen LogP contribution is -2.05. The van der Waals surface area contributed by atoms with Crippen LogP contribution in [0.25, 0.3) is 10.2 Å². The summed E-state index contributed by atoms with van der Waals surface area (Å²) >= 11 is 1.91. The molecule has 2 aromatic heterocycles. The van der Waals surface area contributed by atoms with Crippen LogP contribution in [0.1, 0.15) is 54.8 Å². The van der Waals surface area contributed by atoms with Gasteiger partial charge in [0, 0.05) is 17.3 Å². The van der Waals surface area contributed by atoms with Crippen molar-refractivity contribution in [1.29, 1.82) is 0 Å². The van der Waals surface area contributed by atoms with Gasteiger partial charge in [-0.05, 0) is 51.0 Å². The first-order valence-corrected chi connectivity index (χ1v) is 8.24. The van der Waals surface area contributed by atoms with Gasteiger partial charge in [-0.25, -0.2) is 9.97 Å². The number of nitrogens with zero attached hydrogens (tertiary/aromatic N) is 2. The Bertz CT molecular complexity index is 628. The third kappa shape index (κ3) is 1.93. The van der Waals surface area contributed by atoms with Gasteiger partial charge >= 0.3 is 0 Å². The maximum absolute atomic E-state index is 4.85. The topological polar surface area (TPSA) is 37.8 Å². The van der Waals surface area contributed by atoms with Crippen molar-refractivity contribution in [2.24, 2.45) is 0 Å². The Balaban J connectivity index is 1.93. The van der Waals surface area contributed by atoms with Crippen LogP contribution in [-0.2, 0) is 12.8 Å². The van der Waals surface area contributed by atoms with Crippen molar-refractivity contribution < 1.29 is 0 Å². The Kier molecular flexibility index (Phi) is 2.72. The molecule has 0 radical (unpaired) electrons.